The molecular formula is C30H47N10O3P. The van der Waals surface area contributed by atoms with Gasteiger partial charge in [-0.1, -0.05) is 36.6 Å². The van der Waals surface area contributed by atoms with Crippen molar-refractivity contribution >= 4 is 37.0 Å². The number of amides is 1. The summed E-state index contributed by atoms with van der Waals surface area (Å²) in [6.07, 6.45) is 12.2. The van der Waals surface area contributed by atoms with Crippen LogP contribution in [0.25, 0.3) is 10.9 Å². The SMILES string of the molecule is O=C(CP(O)O)N1CCC(Nc2nc(NCc3cn(CCCNCCCNC4CCCCC4)nn3)nc3ccccc23)CC1. The van der Waals surface area contributed by atoms with Gasteiger partial charge in [-0.15, -0.1) is 5.10 Å². The van der Waals surface area contributed by atoms with Crippen LogP contribution < -0.4 is 21.3 Å². The van der Waals surface area contributed by atoms with E-state index in [-0.39, 0.29) is 18.1 Å². The summed E-state index contributed by atoms with van der Waals surface area (Å²) < 4.78 is 1.89. The van der Waals surface area contributed by atoms with Crippen LogP contribution in [0.15, 0.2) is 30.5 Å². The largest absolute Gasteiger partial charge is 0.367 e. The molecule has 3 heterocycles. The van der Waals surface area contributed by atoms with Gasteiger partial charge in [-0.25, -0.2) is 4.98 Å². The smallest absolute Gasteiger partial charge is 0.231 e. The van der Waals surface area contributed by atoms with Gasteiger partial charge >= 0.3 is 0 Å². The van der Waals surface area contributed by atoms with Crippen molar-refractivity contribution in [2.45, 2.75) is 83.0 Å². The molecule has 1 amide bonds. The van der Waals surface area contributed by atoms with Gasteiger partial charge in [-0.05, 0) is 70.3 Å². The fraction of sp³-hybridized carbons (Fsp3) is 0.633. The maximum Gasteiger partial charge on any atom is 0.231 e. The number of para-hydroxylation sites is 1. The second-order valence-corrected chi connectivity index (χ2v) is 12.9. The molecule has 14 heteroatoms. The molecule has 5 rings (SSSR count). The molecule has 13 nitrogen and oxygen atoms in total. The molecule has 1 aliphatic carbocycles. The Bertz CT molecular complexity index is 1310. The highest BCUT2D eigenvalue weighted by atomic mass is 31.2. The van der Waals surface area contributed by atoms with Crippen LogP contribution >= 0.6 is 8.38 Å². The van der Waals surface area contributed by atoms with Crippen LogP contribution in [0, 0.1) is 0 Å². The van der Waals surface area contributed by atoms with E-state index in [0.717, 1.165) is 80.3 Å². The summed E-state index contributed by atoms with van der Waals surface area (Å²) in [5.41, 5.74) is 1.66. The van der Waals surface area contributed by atoms with Crippen molar-refractivity contribution in [2.75, 3.05) is 49.5 Å². The average molecular weight is 627 g/mol. The molecule has 0 atom stereocenters. The number of nitrogens with zero attached hydrogens (tertiary/aromatic N) is 6. The lowest BCUT2D eigenvalue weighted by atomic mass is 9.95. The summed E-state index contributed by atoms with van der Waals surface area (Å²) in [5, 5.41) is 23.6. The van der Waals surface area contributed by atoms with E-state index in [9.17, 15) is 14.6 Å². The second-order valence-electron chi connectivity index (χ2n) is 11.8. The predicted molar refractivity (Wildman–Crippen MR) is 173 cm³/mol. The number of piperidine rings is 1. The lowest BCUT2D eigenvalue weighted by Gasteiger charge is -2.33. The Balaban J connectivity index is 1.04. The van der Waals surface area contributed by atoms with Crippen LogP contribution in [0.4, 0.5) is 11.8 Å². The van der Waals surface area contributed by atoms with Gasteiger partial charge in [0, 0.05) is 37.1 Å². The number of carbonyl (C=O) groups excluding carboxylic acids is 1. The van der Waals surface area contributed by atoms with E-state index in [1.54, 1.807) is 4.90 Å². The quantitative estimate of drug-likeness (QED) is 0.102. The summed E-state index contributed by atoms with van der Waals surface area (Å²) in [4.78, 5) is 41.7. The first-order chi connectivity index (χ1) is 21.5. The highest BCUT2D eigenvalue weighted by molar-refractivity contribution is 7.46. The molecule has 1 saturated heterocycles. The lowest BCUT2D eigenvalue weighted by molar-refractivity contribution is -0.129. The highest BCUT2D eigenvalue weighted by Crippen LogP contribution is 2.27. The molecule has 2 aliphatic rings. The van der Waals surface area contributed by atoms with Gasteiger partial charge in [0.05, 0.1) is 24.4 Å². The maximum absolute atomic E-state index is 12.2. The summed E-state index contributed by atoms with van der Waals surface area (Å²) >= 11 is 0. The van der Waals surface area contributed by atoms with Gasteiger partial charge < -0.3 is 36.0 Å². The van der Waals surface area contributed by atoms with Crippen LogP contribution in [-0.2, 0) is 17.9 Å². The van der Waals surface area contributed by atoms with E-state index in [4.69, 9.17) is 9.97 Å². The number of benzene rings is 1. The van der Waals surface area contributed by atoms with E-state index in [1.807, 2.05) is 35.1 Å². The lowest BCUT2D eigenvalue weighted by Crippen LogP contribution is -2.43. The zero-order valence-corrected chi connectivity index (χ0v) is 26.4. The number of hydrogen-bond acceptors (Lipinski definition) is 11. The summed E-state index contributed by atoms with van der Waals surface area (Å²) in [5.74, 6) is 1.05. The van der Waals surface area contributed by atoms with E-state index >= 15 is 0 Å². The summed E-state index contributed by atoms with van der Waals surface area (Å²) in [6, 6.07) is 8.77. The Kier molecular flexibility index (Phi) is 12.5. The van der Waals surface area contributed by atoms with Crippen LogP contribution in [-0.4, -0.2) is 96.5 Å². The number of fused-ring (bicyclic) bond motifs is 1. The molecule has 0 radical (unpaired) electrons. The van der Waals surface area contributed by atoms with Crippen molar-refractivity contribution in [3.8, 4) is 0 Å². The molecule has 6 N–H and O–H groups in total. The number of aromatic nitrogens is 5. The third kappa shape index (κ3) is 10.0. The molecule has 0 bridgehead atoms. The molecule has 2 fully saturated rings. The first-order valence-corrected chi connectivity index (χ1v) is 17.5. The molecule has 0 spiro atoms. The Morgan fingerprint density at radius 1 is 0.955 bits per heavy atom. The predicted octanol–water partition coefficient (Wildman–Crippen LogP) is 2.82. The molecule has 3 aromatic rings. The van der Waals surface area contributed by atoms with Crippen molar-refractivity contribution < 1.29 is 14.6 Å². The van der Waals surface area contributed by atoms with Gasteiger partial charge in [0.25, 0.3) is 0 Å². The number of anilines is 2. The van der Waals surface area contributed by atoms with Gasteiger partial charge in [-0.3, -0.25) is 9.48 Å². The first kappa shape index (κ1) is 32.4. The van der Waals surface area contributed by atoms with Gasteiger partial charge in [0.1, 0.15) is 11.5 Å². The Labute approximate surface area is 260 Å². The molecule has 1 aliphatic heterocycles. The third-order valence-corrected chi connectivity index (χ3v) is 8.94. The Morgan fingerprint density at radius 2 is 1.75 bits per heavy atom. The van der Waals surface area contributed by atoms with Crippen molar-refractivity contribution in [3.63, 3.8) is 0 Å². The van der Waals surface area contributed by atoms with Crippen molar-refractivity contribution in [3.05, 3.63) is 36.2 Å². The summed E-state index contributed by atoms with van der Waals surface area (Å²) in [6.45, 7) is 5.49. The number of likely N-dealkylation sites (tertiary alicyclic amines) is 1. The number of rotatable bonds is 16. The minimum Gasteiger partial charge on any atom is -0.367 e. The number of carbonyl (C=O) groups is 1. The van der Waals surface area contributed by atoms with Crippen LogP contribution in [0.1, 0.15) is 63.5 Å². The fourth-order valence-electron chi connectivity index (χ4n) is 5.97. The molecule has 1 aromatic carbocycles. The number of aryl methyl sites for hydroxylation is 1. The van der Waals surface area contributed by atoms with Crippen molar-refractivity contribution in [1.82, 2.24) is 40.5 Å². The van der Waals surface area contributed by atoms with Gasteiger partial charge in [0.15, 0.2) is 8.38 Å². The second kappa shape index (κ2) is 16.9. The van der Waals surface area contributed by atoms with Gasteiger partial charge in [0.2, 0.25) is 11.9 Å². The molecule has 0 unspecified atom stereocenters. The zero-order valence-electron chi connectivity index (χ0n) is 25.5. The fourth-order valence-corrected chi connectivity index (χ4v) is 6.41. The van der Waals surface area contributed by atoms with Gasteiger partial charge in [-0.2, -0.15) is 4.98 Å². The third-order valence-electron chi connectivity index (χ3n) is 8.39. The molecule has 240 valence electrons. The standard InChI is InChI=1S/C30H47N10O3P/c41-28(22-44(42)43)39-18-12-24(13-19-39)34-29-26-10-4-5-11-27(26)35-30(36-29)33-20-25-21-40(38-37-25)17-7-15-31-14-6-16-32-23-8-2-1-3-9-23/h4-5,10-11,21,23-24,31-32,42-43H,1-3,6-9,12-20,22H2,(H2,33,34,35,36). The minimum atomic E-state index is -2.21. The van der Waals surface area contributed by atoms with Crippen molar-refractivity contribution in [2.24, 2.45) is 0 Å². The minimum absolute atomic E-state index is 0.141. The zero-order chi connectivity index (χ0) is 30.6. The number of hydrogen-bond donors (Lipinski definition) is 6. The van der Waals surface area contributed by atoms with Crippen LogP contribution in [0.2, 0.25) is 0 Å². The molecule has 1 saturated carbocycles. The normalized spacial score (nSPS) is 16.6. The van der Waals surface area contributed by atoms with Crippen LogP contribution in [0.3, 0.4) is 0 Å². The Hall–Kier alpha value is -2.96. The number of nitrogens with one attached hydrogen (secondary N) is 4. The summed E-state index contributed by atoms with van der Waals surface area (Å²) in [7, 11) is -2.21. The van der Waals surface area contributed by atoms with Crippen molar-refractivity contribution in [1.29, 1.82) is 0 Å². The molecule has 2 aromatic heterocycles. The van der Waals surface area contributed by atoms with E-state index in [2.05, 4.69) is 31.6 Å². The molecular weight excluding hydrogens is 579 g/mol. The topological polar surface area (TPSA) is 165 Å². The Morgan fingerprint density at radius 3 is 2.57 bits per heavy atom. The highest BCUT2D eigenvalue weighted by Gasteiger charge is 2.25. The monoisotopic (exact) mass is 626 g/mol. The first-order valence-electron chi connectivity index (χ1n) is 16.1. The average Bonchev–Trinajstić information content (AvgIpc) is 3.49. The van der Waals surface area contributed by atoms with E-state index in [0.29, 0.717) is 25.6 Å². The molecule has 44 heavy (non-hydrogen) atoms. The van der Waals surface area contributed by atoms with Crippen LogP contribution in [0.5, 0.6) is 0 Å². The maximum atomic E-state index is 12.2. The van der Waals surface area contributed by atoms with E-state index in [1.165, 1.54) is 32.1 Å². The van der Waals surface area contributed by atoms with E-state index < -0.39 is 8.38 Å².